The van der Waals surface area contributed by atoms with E-state index in [2.05, 4.69) is 0 Å². The van der Waals surface area contributed by atoms with Crippen molar-refractivity contribution in [1.29, 1.82) is 0 Å². The zero-order chi connectivity index (χ0) is 16.3. The Kier molecular flexibility index (Phi) is 4.02. The molecule has 6 aliphatic rings. The van der Waals surface area contributed by atoms with Crippen molar-refractivity contribution in [2.75, 3.05) is 0 Å². The fourth-order valence-electron chi connectivity index (χ4n) is 8.91. The number of hydrogen-bond donors (Lipinski definition) is 2. The zero-order valence-corrected chi connectivity index (χ0v) is 15.5. The molecule has 6 fully saturated rings. The molecule has 6 saturated carbocycles. The maximum Gasteiger partial charge on any atom is 0.00390 e. The molecule has 136 valence electrons. The number of nitrogens with two attached hydrogens (primary N) is 2. The topological polar surface area (TPSA) is 52.0 Å². The average molecular weight is 331 g/mol. The first kappa shape index (κ1) is 16.1. The van der Waals surface area contributed by atoms with Gasteiger partial charge in [-0.1, -0.05) is 0 Å². The zero-order valence-electron chi connectivity index (χ0n) is 15.5. The standard InChI is InChI=1S/C22H38N2/c23-20-5-1-16(2-6-20)22(17-3-7-21(24)8-4-17)18-10-14-9-15(12-18)13-19(22)11-14/h14-21H,1-13,23-24H2. The lowest BCUT2D eigenvalue weighted by Crippen LogP contribution is -2.60. The molecule has 4 bridgehead atoms. The second kappa shape index (κ2) is 5.98. The molecule has 0 heterocycles. The first-order chi connectivity index (χ1) is 11.7. The molecular weight excluding hydrogens is 292 g/mol. The predicted octanol–water partition coefficient (Wildman–Crippen LogP) is 4.46. The molecule has 4 N–H and O–H groups in total. The fourth-order valence-corrected chi connectivity index (χ4v) is 8.91. The smallest absolute Gasteiger partial charge is 0.00390 e. The van der Waals surface area contributed by atoms with E-state index in [0.717, 1.165) is 35.5 Å². The Morgan fingerprint density at radius 2 is 0.833 bits per heavy atom. The van der Waals surface area contributed by atoms with Gasteiger partial charge in [0.05, 0.1) is 0 Å². The summed E-state index contributed by atoms with van der Waals surface area (Å²) < 4.78 is 0. The van der Waals surface area contributed by atoms with Crippen LogP contribution in [0.15, 0.2) is 0 Å². The van der Waals surface area contributed by atoms with Gasteiger partial charge in [0.15, 0.2) is 0 Å². The second-order valence-corrected chi connectivity index (χ2v) is 10.5. The van der Waals surface area contributed by atoms with Crippen LogP contribution in [-0.2, 0) is 0 Å². The summed E-state index contributed by atoms with van der Waals surface area (Å²) in [6.45, 7) is 0. The maximum absolute atomic E-state index is 6.29. The molecule has 0 aromatic carbocycles. The molecule has 0 aromatic heterocycles. The number of hydrogen-bond acceptors (Lipinski definition) is 2. The van der Waals surface area contributed by atoms with Crippen LogP contribution in [0.1, 0.15) is 83.5 Å². The third-order valence-electron chi connectivity index (χ3n) is 9.51. The van der Waals surface area contributed by atoms with E-state index in [1.165, 1.54) is 51.4 Å². The van der Waals surface area contributed by atoms with Gasteiger partial charge in [-0.25, -0.2) is 0 Å². The molecule has 0 spiro atoms. The van der Waals surface area contributed by atoms with E-state index in [4.69, 9.17) is 11.5 Å². The van der Waals surface area contributed by atoms with Gasteiger partial charge < -0.3 is 11.5 Å². The van der Waals surface area contributed by atoms with Crippen LogP contribution in [-0.4, -0.2) is 12.1 Å². The molecule has 0 radical (unpaired) electrons. The SMILES string of the molecule is NC1CCC(C2(C3CCC(N)CC3)C3CC4CC(C3)CC2C4)CC1. The van der Waals surface area contributed by atoms with Crippen LogP contribution in [0.25, 0.3) is 0 Å². The Morgan fingerprint density at radius 3 is 1.21 bits per heavy atom. The molecular formula is C22H38N2. The normalized spacial score (nSPS) is 57.2. The molecule has 2 nitrogen and oxygen atoms in total. The molecule has 0 atom stereocenters. The molecule has 6 rings (SSSR count). The van der Waals surface area contributed by atoms with Crippen molar-refractivity contribution < 1.29 is 0 Å². The molecule has 0 aromatic rings. The molecule has 6 aliphatic carbocycles. The van der Waals surface area contributed by atoms with E-state index in [9.17, 15) is 0 Å². The van der Waals surface area contributed by atoms with Gasteiger partial charge in [0.25, 0.3) is 0 Å². The first-order valence-electron chi connectivity index (χ1n) is 11.2. The van der Waals surface area contributed by atoms with Crippen LogP contribution >= 0.6 is 0 Å². The molecule has 2 heteroatoms. The van der Waals surface area contributed by atoms with Gasteiger partial charge in [-0.2, -0.15) is 0 Å². The van der Waals surface area contributed by atoms with Crippen LogP contribution in [0, 0.1) is 40.9 Å². The van der Waals surface area contributed by atoms with E-state index in [1.54, 1.807) is 32.1 Å². The summed E-state index contributed by atoms with van der Waals surface area (Å²) in [6.07, 6.45) is 18.8. The van der Waals surface area contributed by atoms with Gasteiger partial charge in [0, 0.05) is 12.1 Å². The lowest BCUT2D eigenvalue weighted by molar-refractivity contribution is -0.185. The van der Waals surface area contributed by atoms with Crippen LogP contribution in [0.4, 0.5) is 0 Å². The van der Waals surface area contributed by atoms with Gasteiger partial charge in [-0.05, 0) is 124 Å². The fraction of sp³-hybridized carbons (Fsp3) is 1.00. The Balaban J connectivity index is 1.49. The van der Waals surface area contributed by atoms with Gasteiger partial charge in [0.1, 0.15) is 0 Å². The van der Waals surface area contributed by atoms with E-state index < -0.39 is 0 Å². The lowest BCUT2D eigenvalue weighted by atomic mass is 9.37. The summed E-state index contributed by atoms with van der Waals surface area (Å²) in [5, 5.41) is 0. The third kappa shape index (κ3) is 2.35. The Hall–Kier alpha value is -0.0800. The van der Waals surface area contributed by atoms with Gasteiger partial charge in [-0.3, -0.25) is 0 Å². The predicted molar refractivity (Wildman–Crippen MR) is 99.3 cm³/mol. The van der Waals surface area contributed by atoms with Crippen molar-refractivity contribution in [3.8, 4) is 0 Å². The minimum atomic E-state index is 0.495. The van der Waals surface area contributed by atoms with Crippen molar-refractivity contribution in [1.82, 2.24) is 0 Å². The first-order valence-corrected chi connectivity index (χ1v) is 11.2. The summed E-state index contributed by atoms with van der Waals surface area (Å²) in [5.74, 6) is 6.30. The molecule has 0 unspecified atom stereocenters. The quantitative estimate of drug-likeness (QED) is 0.785. The Labute approximate surface area is 148 Å². The van der Waals surface area contributed by atoms with Crippen molar-refractivity contribution in [3.63, 3.8) is 0 Å². The second-order valence-electron chi connectivity index (χ2n) is 10.5. The average Bonchev–Trinajstić information content (AvgIpc) is 2.57. The maximum atomic E-state index is 6.29. The van der Waals surface area contributed by atoms with Gasteiger partial charge in [0.2, 0.25) is 0 Å². The monoisotopic (exact) mass is 330 g/mol. The van der Waals surface area contributed by atoms with Crippen LogP contribution in [0.3, 0.4) is 0 Å². The van der Waals surface area contributed by atoms with Crippen LogP contribution in [0.2, 0.25) is 0 Å². The van der Waals surface area contributed by atoms with Gasteiger partial charge >= 0.3 is 0 Å². The molecule has 0 aliphatic heterocycles. The Morgan fingerprint density at radius 1 is 0.458 bits per heavy atom. The van der Waals surface area contributed by atoms with E-state index in [-0.39, 0.29) is 0 Å². The van der Waals surface area contributed by atoms with E-state index in [1.807, 2.05) is 0 Å². The largest absolute Gasteiger partial charge is 0.328 e. The third-order valence-corrected chi connectivity index (χ3v) is 9.51. The van der Waals surface area contributed by atoms with Crippen molar-refractivity contribution >= 4 is 0 Å². The highest BCUT2D eigenvalue weighted by Gasteiger charge is 2.62. The van der Waals surface area contributed by atoms with Crippen molar-refractivity contribution in [2.24, 2.45) is 52.4 Å². The summed E-state index contributed by atoms with van der Waals surface area (Å²) in [5.41, 5.74) is 13.3. The highest BCUT2D eigenvalue weighted by molar-refractivity contribution is 5.11. The van der Waals surface area contributed by atoms with Crippen LogP contribution in [0.5, 0.6) is 0 Å². The highest BCUT2D eigenvalue weighted by atomic mass is 14.7. The summed E-state index contributed by atoms with van der Waals surface area (Å²) in [4.78, 5) is 0. The van der Waals surface area contributed by atoms with Crippen molar-refractivity contribution in [3.05, 3.63) is 0 Å². The van der Waals surface area contributed by atoms with E-state index >= 15 is 0 Å². The molecule has 0 amide bonds. The highest BCUT2D eigenvalue weighted by Crippen LogP contribution is 2.70. The summed E-state index contributed by atoms with van der Waals surface area (Å²) in [6, 6.07) is 0.991. The Bertz CT molecular complexity index is 405. The van der Waals surface area contributed by atoms with Crippen LogP contribution < -0.4 is 11.5 Å². The number of rotatable bonds is 2. The minimum absolute atomic E-state index is 0.495. The summed E-state index contributed by atoms with van der Waals surface area (Å²) in [7, 11) is 0. The van der Waals surface area contributed by atoms with E-state index in [0.29, 0.717) is 17.5 Å². The van der Waals surface area contributed by atoms with Gasteiger partial charge in [-0.15, -0.1) is 0 Å². The lowest BCUT2D eigenvalue weighted by Gasteiger charge is -2.68. The molecule has 0 saturated heterocycles. The molecule has 24 heavy (non-hydrogen) atoms. The summed E-state index contributed by atoms with van der Waals surface area (Å²) >= 11 is 0. The minimum Gasteiger partial charge on any atom is -0.328 e. The van der Waals surface area contributed by atoms with Crippen molar-refractivity contribution in [2.45, 2.75) is 95.6 Å².